The van der Waals surface area contributed by atoms with Crippen LogP contribution in [-0.2, 0) is 20.9 Å². The topological polar surface area (TPSA) is 80.6 Å². The van der Waals surface area contributed by atoms with Gasteiger partial charge in [0.15, 0.2) is 0 Å². The summed E-state index contributed by atoms with van der Waals surface area (Å²) in [5, 5.41) is 3.10. The summed E-state index contributed by atoms with van der Waals surface area (Å²) in [6.45, 7) is 7.35. The van der Waals surface area contributed by atoms with Gasteiger partial charge in [0, 0.05) is 36.4 Å². The lowest BCUT2D eigenvalue weighted by atomic mass is 10.0. The summed E-state index contributed by atoms with van der Waals surface area (Å²) < 4.78 is 6.95. The van der Waals surface area contributed by atoms with Crippen molar-refractivity contribution < 1.29 is 19.1 Å². The summed E-state index contributed by atoms with van der Waals surface area (Å²) in [5.41, 5.74) is 2.14. The van der Waals surface area contributed by atoms with Crippen molar-refractivity contribution in [3.8, 4) is 0 Å². The molecule has 2 aliphatic rings. The third-order valence-corrected chi connectivity index (χ3v) is 5.50. The monoisotopic (exact) mass is 375 g/mol. The lowest BCUT2D eigenvalue weighted by Crippen LogP contribution is -2.47. The van der Waals surface area contributed by atoms with E-state index in [0.717, 1.165) is 37.1 Å². The number of amides is 2. The second-order valence-electron chi connectivity index (χ2n) is 7.53. The number of nitrogens with one attached hydrogen (secondary N) is 1. The predicted octanol–water partition coefficient (Wildman–Crippen LogP) is 1.80. The Balaban J connectivity index is 1.55. The van der Waals surface area contributed by atoms with Crippen molar-refractivity contribution in [2.24, 2.45) is 5.92 Å². The first-order valence-corrected chi connectivity index (χ1v) is 9.82. The fourth-order valence-corrected chi connectivity index (χ4v) is 3.63. The van der Waals surface area contributed by atoms with E-state index in [2.05, 4.69) is 5.32 Å². The minimum atomic E-state index is -0.350. The van der Waals surface area contributed by atoms with Crippen molar-refractivity contribution in [3.63, 3.8) is 0 Å². The molecule has 0 bridgehead atoms. The summed E-state index contributed by atoms with van der Waals surface area (Å²) in [5.74, 6) is 0.0819. The lowest BCUT2D eigenvalue weighted by Gasteiger charge is -2.32. The summed E-state index contributed by atoms with van der Waals surface area (Å²) in [6.07, 6.45) is 3.60. The van der Waals surface area contributed by atoms with Crippen LogP contribution < -0.4 is 5.32 Å². The molecule has 1 aromatic heterocycles. The Morgan fingerprint density at radius 1 is 1.15 bits per heavy atom. The van der Waals surface area contributed by atoms with Crippen LogP contribution in [0.1, 0.15) is 54.4 Å². The van der Waals surface area contributed by atoms with E-state index in [4.69, 9.17) is 4.74 Å². The molecular weight excluding hydrogens is 346 g/mol. The van der Waals surface area contributed by atoms with Crippen LogP contribution in [0.25, 0.3) is 0 Å². The highest BCUT2D eigenvalue weighted by atomic mass is 16.5. The molecule has 7 nitrogen and oxygen atoms in total. The van der Waals surface area contributed by atoms with E-state index < -0.39 is 0 Å². The lowest BCUT2D eigenvalue weighted by molar-refractivity contribution is -0.133. The van der Waals surface area contributed by atoms with Crippen LogP contribution in [0.2, 0.25) is 0 Å². The number of hydrogen-bond donors (Lipinski definition) is 1. The molecular formula is C20H29N3O4. The van der Waals surface area contributed by atoms with E-state index >= 15 is 0 Å². The fraction of sp³-hybridized carbons (Fsp3) is 0.650. The van der Waals surface area contributed by atoms with Crippen molar-refractivity contribution in [1.82, 2.24) is 14.8 Å². The van der Waals surface area contributed by atoms with Crippen LogP contribution in [0.15, 0.2) is 6.07 Å². The fourth-order valence-electron chi connectivity index (χ4n) is 3.63. The molecule has 0 aromatic carbocycles. The molecule has 0 atom stereocenters. The molecule has 1 aromatic rings. The van der Waals surface area contributed by atoms with Gasteiger partial charge in [-0.3, -0.25) is 9.59 Å². The third-order valence-electron chi connectivity index (χ3n) is 5.50. The molecule has 1 saturated heterocycles. The number of piperidine rings is 1. The van der Waals surface area contributed by atoms with Crippen LogP contribution in [0.5, 0.6) is 0 Å². The maximum absolute atomic E-state index is 12.7. The van der Waals surface area contributed by atoms with Gasteiger partial charge in [0.1, 0.15) is 6.54 Å². The maximum atomic E-state index is 12.7. The number of aromatic nitrogens is 1. The number of aryl methyl sites for hydroxylation is 1. The average molecular weight is 375 g/mol. The molecule has 148 valence electrons. The molecule has 0 spiro atoms. The van der Waals surface area contributed by atoms with Gasteiger partial charge in [0.25, 0.3) is 0 Å². The van der Waals surface area contributed by atoms with Gasteiger partial charge >= 0.3 is 5.97 Å². The number of rotatable bonds is 6. The molecule has 2 amide bonds. The summed E-state index contributed by atoms with van der Waals surface area (Å²) in [6, 6.07) is 1.95. The number of nitrogens with zero attached hydrogens (tertiary/aromatic N) is 2. The third kappa shape index (κ3) is 4.51. The second-order valence-corrected chi connectivity index (χ2v) is 7.53. The minimum Gasteiger partial charge on any atom is -0.462 e. The van der Waals surface area contributed by atoms with Crippen molar-refractivity contribution in [2.45, 2.75) is 59.0 Å². The Hall–Kier alpha value is -2.31. The zero-order valence-electron chi connectivity index (χ0n) is 16.4. The zero-order valence-corrected chi connectivity index (χ0v) is 16.4. The number of carbonyl (C=O) groups excluding carboxylic acids is 3. The Kier molecular flexibility index (Phi) is 5.87. The average Bonchev–Trinajstić information content (AvgIpc) is 3.45. The maximum Gasteiger partial charge on any atom is 0.339 e. The quantitative estimate of drug-likeness (QED) is 0.769. The molecule has 1 N–H and O–H groups in total. The van der Waals surface area contributed by atoms with Crippen molar-refractivity contribution in [3.05, 3.63) is 23.0 Å². The molecule has 2 heterocycles. The molecule has 7 heteroatoms. The molecule has 1 aliphatic carbocycles. The Morgan fingerprint density at radius 2 is 1.81 bits per heavy atom. The highest BCUT2D eigenvalue weighted by Gasteiger charge is 2.32. The van der Waals surface area contributed by atoms with Crippen LogP contribution in [0, 0.1) is 19.8 Å². The van der Waals surface area contributed by atoms with Crippen molar-refractivity contribution in [1.29, 1.82) is 0 Å². The van der Waals surface area contributed by atoms with E-state index in [1.165, 1.54) is 0 Å². The first kappa shape index (κ1) is 19.5. The zero-order chi connectivity index (χ0) is 19.6. The predicted molar refractivity (Wildman–Crippen MR) is 100 cm³/mol. The Bertz CT molecular complexity index is 728. The van der Waals surface area contributed by atoms with Crippen LogP contribution in [-0.4, -0.2) is 53.0 Å². The van der Waals surface area contributed by atoms with E-state index in [-0.39, 0.29) is 36.3 Å². The normalized spacial score (nSPS) is 17.7. The first-order valence-electron chi connectivity index (χ1n) is 9.82. The van der Waals surface area contributed by atoms with Crippen molar-refractivity contribution in [2.75, 3.05) is 19.7 Å². The molecule has 0 unspecified atom stereocenters. The number of hydrogen-bond acceptors (Lipinski definition) is 4. The number of likely N-dealkylation sites (tertiary alicyclic amines) is 1. The van der Waals surface area contributed by atoms with Gasteiger partial charge in [0.2, 0.25) is 11.8 Å². The standard InChI is InChI=1S/C20H29N3O4/c1-4-27-20(26)17-11-13(2)23(14(17)3)12-18(24)22-9-7-16(8-10-22)21-19(25)15-5-6-15/h11,15-16H,4-10,12H2,1-3H3,(H,21,25). The van der Waals surface area contributed by atoms with E-state index in [9.17, 15) is 14.4 Å². The minimum absolute atomic E-state index is 0.0409. The molecule has 2 fully saturated rings. The Morgan fingerprint density at radius 3 is 2.41 bits per heavy atom. The number of esters is 1. The summed E-state index contributed by atoms with van der Waals surface area (Å²) in [7, 11) is 0. The van der Waals surface area contributed by atoms with Gasteiger partial charge in [-0.1, -0.05) is 0 Å². The number of carbonyl (C=O) groups is 3. The SMILES string of the molecule is CCOC(=O)c1cc(C)n(CC(=O)N2CCC(NC(=O)C3CC3)CC2)c1C. The van der Waals surface area contributed by atoms with Gasteiger partial charge in [-0.25, -0.2) is 4.79 Å². The molecule has 0 radical (unpaired) electrons. The van der Waals surface area contributed by atoms with Gasteiger partial charge < -0.3 is 19.5 Å². The van der Waals surface area contributed by atoms with Gasteiger partial charge in [-0.05, 0) is 52.5 Å². The molecule has 1 aliphatic heterocycles. The van der Waals surface area contributed by atoms with Crippen LogP contribution in [0.4, 0.5) is 0 Å². The molecule has 3 rings (SSSR count). The van der Waals surface area contributed by atoms with Gasteiger partial charge in [-0.15, -0.1) is 0 Å². The summed E-state index contributed by atoms with van der Waals surface area (Å²) >= 11 is 0. The molecule has 1 saturated carbocycles. The van der Waals surface area contributed by atoms with Crippen molar-refractivity contribution >= 4 is 17.8 Å². The van der Waals surface area contributed by atoms with Crippen LogP contribution >= 0.6 is 0 Å². The second kappa shape index (κ2) is 8.15. The van der Waals surface area contributed by atoms with E-state index in [0.29, 0.717) is 25.3 Å². The highest BCUT2D eigenvalue weighted by molar-refractivity contribution is 5.91. The Labute approximate surface area is 160 Å². The smallest absolute Gasteiger partial charge is 0.339 e. The van der Waals surface area contributed by atoms with E-state index in [1.807, 2.05) is 23.3 Å². The highest BCUT2D eigenvalue weighted by Crippen LogP contribution is 2.29. The van der Waals surface area contributed by atoms with E-state index in [1.54, 1.807) is 13.0 Å². The molecule has 27 heavy (non-hydrogen) atoms. The largest absolute Gasteiger partial charge is 0.462 e. The first-order chi connectivity index (χ1) is 12.9. The van der Waals surface area contributed by atoms with Gasteiger partial charge in [-0.2, -0.15) is 0 Å². The summed E-state index contributed by atoms with van der Waals surface area (Å²) in [4.78, 5) is 38.5. The van der Waals surface area contributed by atoms with Crippen LogP contribution in [0.3, 0.4) is 0 Å². The number of ether oxygens (including phenoxy) is 1. The van der Waals surface area contributed by atoms with Gasteiger partial charge in [0.05, 0.1) is 12.2 Å².